The summed E-state index contributed by atoms with van der Waals surface area (Å²) >= 11 is 3.75. The predicted octanol–water partition coefficient (Wildman–Crippen LogP) is 6.67. The Labute approximate surface area is 202 Å². The number of ether oxygens (including phenoxy) is 2. The van der Waals surface area contributed by atoms with Crippen molar-refractivity contribution in [2.24, 2.45) is 0 Å². The molecule has 0 saturated heterocycles. The average Bonchev–Trinajstić information content (AvgIpc) is 2.87. The van der Waals surface area contributed by atoms with E-state index in [1.807, 2.05) is 47.8 Å². The first-order valence-corrected chi connectivity index (χ1v) is 12.9. The first-order valence-electron chi connectivity index (χ1n) is 10.8. The highest BCUT2D eigenvalue weighted by Crippen LogP contribution is 2.33. The molecule has 1 aliphatic rings. The molecule has 0 N–H and O–H groups in total. The second kappa shape index (κ2) is 10.8. The summed E-state index contributed by atoms with van der Waals surface area (Å²) < 4.78 is 12.2. The highest BCUT2D eigenvalue weighted by molar-refractivity contribution is 7.98. The van der Waals surface area contributed by atoms with Crippen molar-refractivity contribution in [1.29, 1.82) is 0 Å². The molecule has 0 amide bonds. The normalized spacial score (nSPS) is 13.1. The van der Waals surface area contributed by atoms with E-state index in [9.17, 15) is 0 Å². The molecule has 2 aromatic heterocycles. The minimum atomic E-state index is 0.544. The minimum Gasteiger partial charge on any atom is -0.489 e. The van der Waals surface area contributed by atoms with Gasteiger partial charge in [-0.15, -0.1) is 11.8 Å². The van der Waals surface area contributed by atoms with Crippen LogP contribution in [-0.4, -0.2) is 9.97 Å². The second-order valence-electron chi connectivity index (χ2n) is 7.87. The van der Waals surface area contributed by atoms with E-state index in [0.29, 0.717) is 13.2 Å². The number of rotatable bonds is 6. The minimum absolute atomic E-state index is 0.544. The largest absolute Gasteiger partial charge is 0.489 e. The van der Waals surface area contributed by atoms with Gasteiger partial charge in [0.05, 0.1) is 0 Å². The lowest BCUT2D eigenvalue weighted by atomic mass is 10.1. The molecule has 3 heterocycles. The second-order valence-corrected chi connectivity index (χ2v) is 9.90. The molecule has 0 saturated carbocycles. The standard InChI is InChI=1S/C27H24N2O2S2/c1-5-28-6-2-20(1)15-30-25-10-22-9-23(11-25)19-33-27-13-24(18-32-17-22)12-26(14-27)31-16-21-3-7-29-8-4-21/h1-14H,15-19H2. The van der Waals surface area contributed by atoms with Crippen LogP contribution < -0.4 is 9.47 Å². The Balaban J connectivity index is 1.30. The summed E-state index contributed by atoms with van der Waals surface area (Å²) in [7, 11) is 0. The third-order valence-electron chi connectivity index (χ3n) is 5.22. The van der Waals surface area contributed by atoms with Crippen molar-refractivity contribution >= 4 is 23.5 Å². The summed E-state index contributed by atoms with van der Waals surface area (Å²) in [6.45, 7) is 1.09. The molecule has 0 aliphatic carbocycles. The van der Waals surface area contributed by atoms with Crippen LogP contribution in [0.4, 0.5) is 0 Å². The molecule has 4 bridgehead atoms. The van der Waals surface area contributed by atoms with Crippen LogP contribution in [0.1, 0.15) is 27.8 Å². The maximum absolute atomic E-state index is 6.12. The smallest absolute Gasteiger partial charge is 0.121 e. The third kappa shape index (κ3) is 6.30. The Hall–Kier alpha value is -2.96. The zero-order valence-corrected chi connectivity index (χ0v) is 19.8. The summed E-state index contributed by atoms with van der Waals surface area (Å²) in [5, 5.41) is 0. The van der Waals surface area contributed by atoms with E-state index in [2.05, 4.69) is 46.4 Å². The van der Waals surface area contributed by atoms with Crippen LogP contribution in [0, 0.1) is 0 Å². The monoisotopic (exact) mass is 472 g/mol. The SMILES string of the molecule is c1cc(COc2cc3cc(c2)CSc2cc(cc(OCc4ccncc4)c2)CSC3)ccn1. The van der Waals surface area contributed by atoms with Crippen molar-refractivity contribution < 1.29 is 9.47 Å². The Bertz CT molecular complexity index is 1110. The summed E-state index contributed by atoms with van der Waals surface area (Å²) in [4.78, 5) is 9.37. The van der Waals surface area contributed by atoms with Crippen LogP contribution in [0.2, 0.25) is 0 Å². The fraction of sp³-hybridized carbons (Fsp3) is 0.185. The number of hydrogen-bond donors (Lipinski definition) is 0. The van der Waals surface area contributed by atoms with Gasteiger partial charge in [0, 0.05) is 46.9 Å². The van der Waals surface area contributed by atoms with Crippen molar-refractivity contribution in [2.45, 2.75) is 35.4 Å². The molecule has 33 heavy (non-hydrogen) atoms. The summed E-state index contributed by atoms with van der Waals surface area (Å²) in [6, 6.07) is 21.2. The molecule has 0 radical (unpaired) electrons. The summed E-state index contributed by atoms with van der Waals surface area (Å²) in [5.74, 6) is 4.61. The molecule has 2 aromatic carbocycles. The summed E-state index contributed by atoms with van der Waals surface area (Å²) in [5.41, 5.74) is 6.10. The molecular formula is C27H24N2O2S2. The molecule has 4 nitrogen and oxygen atoms in total. The number of hydrogen-bond acceptors (Lipinski definition) is 6. The van der Waals surface area contributed by atoms with Gasteiger partial charge in [-0.1, -0.05) is 6.07 Å². The zero-order valence-electron chi connectivity index (χ0n) is 18.1. The molecule has 0 spiro atoms. The van der Waals surface area contributed by atoms with Crippen molar-refractivity contribution in [3.8, 4) is 11.5 Å². The molecule has 4 aromatic rings. The van der Waals surface area contributed by atoms with Crippen LogP contribution in [0.5, 0.6) is 11.5 Å². The maximum atomic E-state index is 6.12. The predicted molar refractivity (Wildman–Crippen MR) is 135 cm³/mol. The van der Waals surface area contributed by atoms with Crippen LogP contribution in [0.15, 0.2) is 90.3 Å². The Kier molecular flexibility index (Phi) is 7.14. The molecule has 5 rings (SSSR count). The topological polar surface area (TPSA) is 44.2 Å². The van der Waals surface area contributed by atoms with Gasteiger partial charge in [0.1, 0.15) is 24.7 Å². The number of thioether (sulfide) groups is 2. The van der Waals surface area contributed by atoms with E-state index in [1.165, 1.54) is 21.6 Å². The van der Waals surface area contributed by atoms with Gasteiger partial charge < -0.3 is 9.47 Å². The first-order chi connectivity index (χ1) is 16.3. The number of benzene rings is 2. The lowest BCUT2D eigenvalue weighted by Crippen LogP contribution is -1.97. The van der Waals surface area contributed by atoms with Gasteiger partial charge in [-0.25, -0.2) is 0 Å². The average molecular weight is 473 g/mol. The number of nitrogens with zero attached hydrogens (tertiary/aromatic N) is 2. The first kappa shape index (κ1) is 21.9. The summed E-state index contributed by atoms with van der Waals surface area (Å²) in [6.07, 6.45) is 7.19. The molecule has 1 aliphatic heterocycles. The molecular weight excluding hydrogens is 448 g/mol. The highest BCUT2D eigenvalue weighted by atomic mass is 32.2. The molecule has 0 unspecified atom stereocenters. The van der Waals surface area contributed by atoms with Crippen LogP contribution in [0.3, 0.4) is 0 Å². The van der Waals surface area contributed by atoms with E-state index in [1.54, 1.807) is 24.8 Å². The Morgan fingerprint density at radius 2 is 1.12 bits per heavy atom. The molecule has 0 atom stereocenters. The van der Waals surface area contributed by atoms with Gasteiger partial charge in [-0.3, -0.25) is 9.97 Å². The quantitative estimate of drug-likeness (QED) is 0.312. The van der Waals surface area contributed by atoms with Gasteiger partial charge in [0.15, 0.2) is 0 Å². The highest BCUT2D eigenvalue weighted by Gasteiger charge is 2.10. The lowest BCUT2D eigenvalue weighted by Gasteiger charge is -2.11. The fourth-order valence-electron chi connectivity index (χ4n) is 3.60. The van der Waals surface area contributed by atoms with Gasteiger partial charge in [-0.05, 0) is 82.4 Å². The lowest BCUT2D eigenvalue weighted by molar-refractivity contribution is 0.305. The van der Waals surface area contributed by atoms with Gasteiger partial charge in [-0.2, -0.15) is 11.8 Å². The van der Waals surface area contributed by atoms with Crippen molar-refractivity contribution in [3.05, 3.63) is 113 Å². The van der Waals surface area contributed by atoms with Crippen LogP contribution in [-0.2, 0) is 30.5 Å². The van der Waals surface area contributed by atoms with Gasteiger partial charge >= 0.3 is 0 Å². The number of aromatic nitrogens is 2. The molecule has 6 heteroatoms. The molecule has 166 valence electrons. The van der Waals surface area contributed by atoms with Crippen molar-refractivity contribution in [3.63, 3.8) is 0 Å². The maximum Gasteiger partial charge on any atom is 0.121 e. The molecule has 0 fully saturated rings. The van der Waals surface area contributed by atoms with E-state index >= 15 is 0 Å². The van der Waals surface area contributed by atoms with Crippen molar-refractivity contribution in [2.75, 3.05) is 0 Å². The van der Waals surface area contributed by atoms with Crippen LogP contribution in [0.25, 0.3) is 0 Å². The van der Waals surface area contributed by atoms with E-state index in [-0.39, 0.29) is 0 Å². The van der Waals surface area contributed by atoms with E-state index in [0.717, 1.165) is 39.9 Å². The zero-order chi connectivity index (χ0) is 22.3. The van der Waals surface area contributed by atoms with E-state index in [4.69, 9.17) is 9.47 Å². The number of pyridine rings is 2. The van der Waals surface area contributed by atoms with Gasteiger partial charge in [0.2, 0.25) is 0 Å². The van der Waals surface area contributed by atoms with E-state index < -0.39 is 0 Å². The third-order valence-corrected chi connectivity index (χ3v) is 7.34. The van der Waals surface area contributed by atoms with Crippen molar-refractivity contribution in [1.82, 2.24) is 9.97 Å². The number of fused-ring (bicyclic) bond motifs is 4. The Morgan fingerprint density at radius 3 is 1.73 bits per heavy atom. The Morgan fingerprint density at radius 1 is 0.606 bits per heavy atom. The van der Waals surface area contributed by atoms with Crippen LogP contribution >= 0.6 is 23.5 Å². The fourth-order valence-corrected chi connectivity index (χ4v) is 5.44. The van der Waals surface area contributed by atoms with Gasteiger partial charge in [0.25, 0.3) is 0 Å².